The summed E-state index contributed by atoms with van der Waals surface area (Å²) in [5, 5.41) is 8.84. The van der Waals surface area contributed by atoms with Gasteiger partial charge in [-0.3, -0.25) is 9.48 Å². The van der Waals surface area contributed by atoms with Gasteiger partial charge in [-0.1, -0.05) is 12.1 Å². The molecule has 0 amide bonds. The molecule has 8 nitrogen and oxygen atoms in total. The second kappa shape index (κ2) is 10.7. The third-order valence-corrected chi connectivity index (χ3v) is 7.34. The average molecular weight is 503 g/mol. The zero-order valence-corrected chi connectivity index (χ0v) is 21.9. The van der Waals surface area contributed by atoms with E-state index in [4.69, 9.17) is 14.2 Å². The number of pyridine rings is 1. The van der Waals surface area contributed by atoms with Gasteiger partial charge in [0.15, 0.2) is 0 Å². The molecule has 1 aliphatic heterocycles. The summed E-state index contributed by atoms with van der Waals surface area (Å²) in [6.45, 7) is 2.57. The van der Waals surface area contributed by atoms with E-state index in [2.05, 4.69) is 22.5 Å². The highest BCUT2D eigenvalue weighted by Crippen LogP contribution is 2.39. The van der Waals surface area contributed by atoms with Gasteiger partial charge < -0.3 is 24.1 Å². The highest BCUT2D eigenvalue weighted by atomic mass is 16.5. The Morgan fingerprint density at radius 2 is 1.68 bits per heavy atom. The summed E-state index contributed by atoms with van der Waals surface area (Å²) in [5.74, 6) is 3.00. The third-order valence-electron chi connectivity index (χ3n) is 7.34. The Hall–Kier alpha value is -3.78. The lowest BCUT2D eigenvalue weighted by atomic mass is 9.89. The molecule has 2 aromatic heterocycles. The number of rotatable bonds is 8. The van der Waals surface area contributed by atoms with Crippen LogP contribution in [0.1, 0.15) is 24.0 Å². The van der Waals surface area contributed by atoms with Gasteiger partial charge in [0.25, 0.3) is 5.56 Å². The van der Waals surface area contributed by atoms with Crippen molar-refractivity contribution in [2.45, 2.75) is 25.8 Å². The normalized spacial score (nSPS) is 14.2. The molecule has 1 aliphatic rings. The molecule has 0 atom stereocenters. The molecule has 4 aromatic rings. The second-order valence-corrected chi connectivity index (χ2v) is 9.63. The lowest BCUT2D eigenvalue weighted by Crippen LogP contribution is -2.28. The fraction of sp³-hybridized carbons (Fsp3) is 0.379. The van der Waals surface area contributed by atoms with E-state index in [1.54, 1.807) is 43.8 Å². The van der Waals surface area contributed by atoms with Crippen LogP contribution >= 0.6 is 0 Å². The molecular formula is C29H34N4O4. The molecule has 37 heavy (non-hydrogen) atoms. The largest absolute Gasteiger partial charge is 0.497 e. The maximum Gasteiger partial charge on any atom is 0.276 e. The number of aryl methyl sites for hydroxylation is 1. The minimum absolute atomic E-state index is 0.0915. The Morgan fingerprint density at radius 3 is 2.30 bits per heavy atom. The molecule has 0 aliphatic carbocycles. The van der Waals surface area contributed by atoms with Gasteiger partial charge in [0.1, 0.15) is 22.8 Å². The third kappa shape index (κ3) is 4.93. The summed E-state index contributed by atoms with van der Waals surface area (Å²) >= 11 is 0. The minimum atomic E-state index is -0.0915. The number of piperidine rings is 1. The summed E-state index contributed by atoms with van der Waals surface area (Å²) in [6, 6.07) is 11.9. The van der Waals surface area contributed by atoms with Gasteiger partial charge in [-0.2, -0.15) is 5.10 Å². The molecule has 1 N–H and O–H groups in total. The van der Waals surface area contributed by atoms with Gasteiger partial charge in [-0.05, 0) is 73.7 Å². The van der Waals surface area contributed by atoms with E-state index in [1.165, 1.54) is 0 Å². The van der Waals surface area contributed by atoms with Gasteiger partial charge in [-0.25, -0.2) is 0 Å². The van der Waals surface area contributed by atoms with Gasteiger partial charge in [0.05, 0.1) is 34.1 Å². The van der Waals surface area contributed by atoms with Crippen molar-refractivity contribution < 1.29 is 14.2 Å². The number of nitrogens with one attached hydrogen (secondary N) is 1. The van der Waals surface area contributed by atoms with E-state index in [0.717, 1.165) is 77.2 Å². The van der Waals surface area contributed by atoms with Crippen LogP contribution in [0.15, 0.2) is 53.6 Å². The van der Waals surface area contributed by atoms with Crippen LogP contribution in [-0.4, -0.2) is 48.8 Å². The highest BCUT2D eigenvalue weighted by molar-refractivity contribution is 5.94. The predicted molar refractivity (Wildman–Crippen MR) is 145 cm³/mol. The van der Waals surface area contributed by atoms with Crippen molar-refractivity contribution in [3.05, 3.63) is 70.3 Å². The van der Waals surface area contributed by atoms with Gasteiger partial charge in [-0.15, -0.1) is 0 Å². The summed E-state index contributed by atoms with van der Waals surface area (Å²) in [5.41, 5.74) is 4.43. The molecule has 2 aromatic carbocycles. The lowest BCUT2D eigenvalue weighted by Gasteiger charge is -2.24. The molecule has 0 bridgehead atoms. The quantitative estimate of drug-likeness (QED) is 0.392. The van der Waals surface area contributed by atoms with Crippen molar-refractivity contribution in [3.8, 4) is 28.4 Å². The minimum Gasteiger partial charge on any atom is -0.497 e. The number of nitrogens with zero attached hydrogens (tertiary/aromatic N) is 3. The van der Waals surface area contributed by atoms with E-state index in [9.17, 15) is 4.79 Å². The Balaban J connectivity index is 1.57. The van der Waals surface area contributed by atoms with E-state index in [0.29, 0.717) is 18.0 Å². The molecule has 0 unspecified atom stereocenters. The zero-order valence-electron chi connectivity index (χ0n) is 21.9. The second-order valence-electron chi connectivity index (χ2n) is 9.63. The first-order valence-corrected chi connectivity index (χ1v) is 12.7. The summed E-state index contributed by atoms with van der Waals surface area (Å²) in [6.07, 6.45) is 6.84. The fourth-order valence-corrected chi connectivity index (χ4v) is 5.27. The predicted octanol–water partition coefficient (Wildman–Crippen LogP) is 4.02. The van der Waals surface area contributed by atoms with Crippen molar-refractivity contribution in [2.24, 2.45) is 13.0 Å². The number of methoxy groups -OCH3 is 3. The summed E-state index contributed by atoms with van der Waals surface area (Å²) in [4.78, 5) is 13.2. The molecule has 1 saturated heterocycles. The molecule has 0 saturated carbocycles. The Bertz CT molecular complexity index is 1420. The number of ether oxygens (including phenoxy) is 3. The maximum absolute atomic E-state index is 13.2. The number of benzene rings is 2. The number of aromatic nitrogens is 3. The molecule has 8 heteroatoms. The van der Waals surface area contributed by atoms with Crippen LogP contribution in [-0.2, 0) is 20.0 Å². The topological polar surface area (TPSA) is 79.5 Å². The molecule has 3 heterocycles. The number of hydrogen-bond acceptors (Lipinski definition) is 6. The van der Waals surface area contributed by atoms with Crippen LogP contribution in [0.4, 0.5) is 0 Å². The molecule has 0 radical (unpaired) electrons. The molecular weight excluding hydrogens is 468 g/mol. The molecule has 194 valence electrons. The standard InChI is InChI=1S/C29H34N4O4/c1-32-18-25(21-14-26(36-3)23(27(15-21)37-4)13-19-9-11-30-12-10-19)24-16-31-33(28(24)29(32)34)17-20-5-7-22(35-2)8-6-20/h5-8,14-16,18-19,30H,9-13,17H2,1-4H3. The van der Waals surface area contributed by atoms with Crippen LogP contribution < -0.4 is 25.1 Å². The molecule has 5 rings (SSSR count). The molecule has 1 fully saturated rings. The van der Waals surface area contributed by atoms with Crippen LogP contribution in [0.25, 0.3) is 22.0 Å². The van der Waals surface area contributed by atoms with Crippen molar-refractivity contribution in [3.63, 3.8) is 0 Å². The SMILES string of the molecule is COc1ccc(Cn2ncc3c(-c4cc(OC)c(CC5CCNCC5)c(OC)c4)cn(C)c(=O)c32)cc1. The zero-order chi connectivity index (χ0) is 25.9. The first kappa shape index (κ1) is 24.9. The fourth-order valence-electron chi connectivity index (χ4n) is 5.27. The van der Waals surface area contributed by atoms with Crippen LogP contribution in [0.2, 0.25) is 0 Å². The smallest absolute Gasteiger partial charge is 0.276 e. The lowest BCUT2D eigenvalue weighted by molar-refractivity contribution is 0.347. The van der Waals surface area contributed by atoms with Crippen molar-refractivity contribution in [2.75, 3.05) is 34.4 Å². The first-order valence-electron chi connectivity index (χ1n) is 12.7. The van der Waals surface area contributed by atoms with Gasteiger partial charge in [0.2, 0.25) is 0 Å². The van der Waals surface area contributed by atoms with Crippen molar-refractivity contribution >= 4 is 10.9 Å². The summed E-state index contributed by atoms with van der Waals surface area (Å²) in [7, 11) is 6.82. The maximum atomic E-state index is 13.2. The van der Waals surface area contributed by atoms with E-state index >= 15 is 0 Å². The van der Waals surface area contributed by atoms with Crippen LogP contribution in [0.3, 0.4) is 0 Å². The monoisotopic (exact) mass is 502 g/mol. The average Bonchev–Trinajstić information content (AvgIpc) is 3.35. The van der Waals surface area contributed by atoms with Gasteiger partial charge >= 0.3 is 0 Å². The van der Waals surface area contributed by atoms with Crippen molar-refractivity contribution in [1.82, 2.24) is 19.7 Å². The first-order chi connectivity index (χ1) is 18.0. The van der Waals surface area contributed by atoms with Gasteiger partial charge in [0, 0.05) is 29.8 Å². The van der Waals surface area contributed by atoms with E-state index < -0.39 is 0 Å². The Labute approximate surface area is 216 Å². The van der Waals surface area contributed by atoms with Crippen LogP contribution in [0, 0.1) is 5.92 Å². The van der Waals surface area contributed by atoms with E-state index in [-0.39, 0.29) is 5.56 Å². The number of fused-ring (bicyclic) bond motifs is 1. The Kier molecular flexibility index (Phi) is 7.19. The Morgan fingerprint density at radius 1 is 1.00 bits per heavy atom. The number of hydrogen-bond donors (Lipinski definition) is 1. The molecule has 0 spiro atoms. The van der Waals surface area contributed by atoms with Crippen LogP contribution in [0.5, 0.6) is 17.2 Å². The highest BCUT2D eigenvalue weighted by Gasteiger charge is 2.22. The van der Waals surface area contributed by atoms with E-state index in [1.807, 2.05) is 30.5 Å². The summed E-state index contributed by atoms with van der Waals surface area (Å²) < 4.78 is 20.4. The van der Waals surface area contributed by atoms with Crippen molar-refractivity contribution in [1.29, 1.82) is 0 Å².